The minimum atomic E-state index is 0.231. The van der Waals surface area contributed by atoms with Crippen molar-refractivity contribution in [3.05, 3.63) is 34.9 Å². The fourth-order valence-electron chi connectivity index (χ4n) is 3.00. The van der Waals surface area contributed by atoms with Gasteiger partial charge in [-0.1, -0.05) is 17.7 Å². The quantitative estimate of drug-likeness (QED) is 0.771. The first-order valence-corrected chi connectivity index (χ1v) is 7.46. The Hall–Kier alpha value is -1.19. The Morgan fingerprint density at radius 1 is 1.40 bits per heavy atom. The lowest BCUT2D eigenvalue weighted by Gasteiger charge is -2.25. The van der Waals surface area contributed by atoms with Gasteiger partial charge in [-0.15, -0.1) is 0 Å². The molecule has 2 rings (SSSR count). The molecule has 0 saturated carbocycles. The lowest BCUT2D eigenvalue weighted by molar-refractivity contribution is 0.0931. The van der Waals surface area contributed by atoms with Gasteiger partial charge in [-0.3, -0.25) is 9.69 Å². The molecular formula is C17H26N2O. The number of likely N-dealkylation sites (N-methyl/N-ethyl adjacent to an activating group) is 2. The van der Waals surface area contributed by atoms with Crippen LogP contribution in [-0.4, -0.2) is 55.4 Å². The molecule has 1 aliphatic rings. The monoisotopic (exact) mass is 274 g/mol. The van der Waals surface area contributed by atoms with Crippen molar-refractivity contribution in [3.63, 3.8) is 0 Å². The van der Waals surface area contributed by atoms with E-state index in [0.29, 0.717) is 12.6 Å². The Balaban J connectivity index is 1.95. The Kier molecular flexibility index (Phi) is 4.95. The van der Waals surface area contributed by atoms with Gasteiger partial charge in [-0.25, -0.2) is 0 Å². The van der Waals surface area contributed by atoms with E-state index in [4.69, 9.17) is 0 Å². The van der Waals surface area contributed by atoms with Gasteiger partial charge in [-0.2, -0.15) is 0 Å². The zero-order valence-corrected chi connectivity index (χ0v) is 13.1. The predicted octanol–water partition coefficient (Wildman–Crippen LogP) is 2.51. The van der Waals surface area contributed by atoms with E-state index < -0.39 is 0 Å². The minimum Gasteiger partial charge on any atom is -0.302 e. The summed E-state index contributed by atoms with van der Waals surface area (Å²) in [6.07, 6.45) is 2.53. The molecule has 3 nitrogen and oxygen atoms in total. The maximum absolute atomic E-state index is 12.4. The first-order chi connectivity index (χ1) is 9.47. The number of likely N-dealkylation sites (tertiary alicyclic amines) is 1. The van der Waals surface area contributed by atoms with Crippen LogP contribution in [0.15, 0.2) is 18.2 Å². The third kappa shape index (κ3) is 3.68. The third-order valence-electron chi connectivity index (χ3n) is 4.30. The van der Waals surface area contributed by atoms with Gasteiger partial charge in [0.25, 0.3) is 0 Å². The number of benzene rings is 1. The van der Waals surface area contributed by atoms with Gasteiger partial charge in [0.05, 0.1) is 6.54 Å². The number of hydrogen-bond donors (Lipinski definition) is 0. The van der Waals surface area contributed by atoms with Crippen LogP contribution in [0.2, 0.25) is 0 Å². The van der Waals surface area contributed by atoms with Crippen molar-refractivity contribution in [2.75, 3.05) is 33.7 Å². The molecule has 0 N–H and O–H groups in total. The van der Waals surface area contributed by atoms with E-state index in [9.17, 15) is 4.79 Å². The fraction of sp³-hybridized carbons (Fsp3) is 0.588. The highest BCUT2D eigenvalue weighted by molar-refractivity contribution is 5.99. The summed E-state index contributed by atoms with van der Waals surface area (Å²) >= 11 is 0. The van der Waals surface area contributed by atoms with Gasteiger partial charge < -0.3 is 4.90 Å². The summed E-state index contributed by atoms with van der Waals surface area (Å²) in [7, 11) is 4.23. The van der Waals surface area contributed by atoms with Crippen molar-refractivity contribution in [1.82, 2.24) is 9.80 Å². The summed E-state index contributed by atoms with van der Waals surface area (Å²) in [5, 5.41) is 0. The molecule has 0 bridgehead atoms. The summed E-state index contributed by atoms with van der Waals surface area (Å²) in [5.41, 5.74) is 3.10. The van der Waals surface area contributed by atoms with Crippen LogP contribution in [0.1, 0.15) is 34.3 Å². The van der Waals surface area contributed by atoms with Crippen LogP contribution in [0.25, 0.3) is 0 Å². The molecule has 3 heteroatoms. The van der Waals surface area contributed by atoms with E-state index in [2.05, 4.69) is 30.0 Å². The number of hydrogen-bond acceptors (Lipinski definition) is 3. The standard InChI is InChI=1S/C17H26N2O/c1-13-7-8-14(2)16(10-13)17(20)12-18(3)11-15-6-5-9-19(15)4/h7-8,10,15H,5-6,9,11-12H2,1-4H3. The van der Waals surface area contributed by atoms with Gasteiger partial charge in [-0.05, 0) is 59.0 Å². The zero-order chi connectivity index (χ0) is 14.7. The molecule has 0 amide bonds. The first kappa shape index (κ1) is 15.2. The number of carbonyl (C=O) groups is 1. The second-order valence-corrected chi connectivity index (χ2v) is 6.21. The summed E-state index contributed by atoms with van der Waals surface area (Å²) in [5.74, 6) is 0.231. The summed E-state index contributed by atoms with van der Waals surface area (Å²) in [6, 6.07) is 6.70. The minimum absolute atomic E-state index is 0.231. The molecule has 1 aliphatic heterocycles. The lowest BCUT2D eigenvalue weighted by atomic mass is 10.0. The molecule has 0 aliphatic carbocycles. The molecule has 1 fully saturated rings. The molecule has 110 valence electrons. The van der Waals surface area contributed by atoms with Gasteiger partial charge in [0.1, 0.15) is 0 Å². The second-order valence-electron chi connectivity index (χ2n) is 6.21. The van der Waals surface area contributed by atoms with Crippen molar-refractivity contribution in [2.45, 2.75) is 32.7 Å². The van der Waals surface area contributed by atoms with Crippen LogP contribution in [0.5, 0.6) is 0 Å². The van der Waals surface area contributed by atoms with Crippen molar-refractivity contribution in [3.8, 4) is 0 Å². The third-order valence-corrected chi connectivity index (χ3v) is 4.30. The highest BCUT2D eigenvalue weighted by Crippen LogP contribution is 2.16. The number of carbonyl (C=O) groups excluding carboxylic acids is 1. The molecule has 1 aromatic carbocycles. The molecular weight excluding hydrogens is 248 g/mol. The van der Waals surface area contributed by atoms with Crippen LogP contribution in [-0.2, 0) is 0 Å². The number of ketones is 1. The highest BCUT2D eigenvalue weighted by atomic mass is 16.1. The largest absolute Gasteiger partial charge is 0.302 e. The molecule has 0 radical (unpaired) electrons. The summed E-state index contributed by atoms with van der Waals surface area (Å²) in [4.78, 5) is 17.0. The van der Waals surface area contributed by atoms with Crippen LogP contribution in [0.3, 0.4) is 0 Å². The Bertz CT molecular complexity index is 484. The van der Waals surface area contributed by atoms with E-state index >= 15 is 0 Å². The average Bonchev–Trinajstić information content (AvgIpc) is 2.77. The number of Topliss-reactive ketones (excluding diaryl/α,β-unsaturated/α-hetero) is 1. The van der Waals surface area contributed by atoms with Gasteiger partial charge in [0.2, 0.25) is 0 Å². The maximum Gasteiger partial charge on any atom is 0.177 e. The summed E-state index contributed by atoms with van der Waals surface area (Å²) < 4.78 is 0. The molecule has 0 spiro atoms. The molecule has 1 atom stereocenters. The number of rotatable bonds is 5. The molecule has 0 aromatic heterocycles. The number of aryl methyl sites for hydroxylation is 2. The lowest BCUT2D eigenvalue weighted by Crippen LogP contribution is -2.38. The van der Waals surface area contributed by atoms with Crippen molar-refractivity contribution >= 4 is 5.78 Å². The van der Waals surface area contributed by atoms with Crippen molar-refractivity contribution in [2.24, 2.45) is 0 Å². The van der Waals surface area contributed by atoms with Crippen molar-refractivity contribution in [1.29, 1.82) is 0 Å². The number of nitrogens with zero attached hydrogens (tertiary/aromatic N) is 2. The average molecular weight is 274 g/mol. The van der Waals surface area contributed by atoms with Crippen LogP contribution in [0, 0.1) is 13.8 Å². The van der Waals surface area contributed by atoms with Gasteiger partial charge in [0, 0.05) is 18.2 Å². The van der Waals surface area contributed by atoms with Crippen LogP contribution in [0.4, 0.5) is 0 Å². The summed E-state index contributed by atoms with van der Waals surface area (Å²) in [6.45, 7) is 6.72. The fourth-order valence-corrected chi connectivity index (χ4v) is 3.00. The Morgan fingerprint density at radius 3 is 2.80 bits per heavy atom. The normalized spacial score (nSPS) is 19.8. The van der Waals surface area contributed by atoms with E-state index in [1.807, 2.05) is 26.0 Å². The van der Waals surface area contributed by atoms with Crippen molar-refractivity contribution < 1.29 is 4.79 Å². The topological polar surface area (TPSA) is 23.6 Å². The van der Waals surface area contributed by atoms with Gasteiger partial charge >= 0.3 is 0 Å². The SMILES string of the molecule is Cc1ccc(C)c(C(=O)CN(C)CC2CCCN2C)c1. The molecule has 20 heavy (non-hydrogen) atoms. The highest BCUT2D eigenvalue weighted by Gasteiger charge is 2.23. The van der Waals surface area contributed by atoms with E-state index in [-0.39, 0.29) is 5.78 Å². The van der Waals surface area contributed by atoms with E-state index in [0.717, 1.165) is 23.2 Å². The van der Waals surface area contributed by atoms with Crippen LogP contribution < -0.4 is 0 Å². The first-order valence-electron chi connectivity index (χ1n) is 7.46. The molecule has 1 unspecified atom stereocenters. The molecule has 1 saturated heterocycles. The van der Waals surface area contributed by atoms with E-state index in [1.54, 1.807) is 0 Å². The zero-order valence-electron chi connectivity index (χ0n) is 13.1. The predicted molar refractivity (Wildman–Crippen MR) is 83.4 cm³/mol. The molecule has 1 aromatic rings. The second kappa shape index (κ2) is 6.51. The Morgan fingerprint density at radius 2 is 2.15 bits per heavy atom. The maximum atomic E-state index is 12.4. The van der Waals surface area contributed by atoms with Gasteiger partial charge in [0.15, 0.2) is 5.78 Å². The Labute approximate surface area is 122 Å². The smallest absolute Gasteiger partial charge is 0.177 e. The molecule has 1 heterocycles. The van der Waals surface area contributed by atoms with Crippen LogP contribution >= 0.6 is 0 Å². The van der Waals surface area contributed by atoms with E-state index in [1.165, 1.54) is 19.4 Å².